The monoisotopic (exact) mass is 227 g/mol. The topological polar surface area (TPSA) is 49.8 Å². The molecule has 0 aromatic heterocycles. The molecule has 0 atom stereocenters. The Morgan fingerprint density at radius 3 is 2.69 bits per heavy atom. The number of amides is 1. The number of carbonyl (C=O) groups is 1. The zero-order valence-corrected chi connectivity index (χ0v) is 9.73. The second-order valence-electron chi connectivity index (χ2n) is 4.07. The Balaban J connectivity index is 2.50. The van der Waals surface area contributed by atoms with Gasteiger partial charge in [0, 0.05) is 12.6 Å². The minimum absolute atomic E-state index is 0.0142. The van der Waals surface area contributed by atoms with Crippen molar-refractivity contribution in [3.63, 3.8) is 0 Å². The van der Waals surface area contributed by atoms with E-state index in [-0.39, 0.29) is 25.3 Å². The van der Waals surface area contributed by atoms with Crippen LogP contribution in [0.25, 0.3) is 0 Å². The van der Waals surface area contributed by atoms with E-state index in [1.54, 1.807) is 11.0 Å². The van der Waals surface area contributed by atoms with Crippen molar-refractivity contribution >= 4 is 6.09 Å². The fourth-order valence-electron chi connectivity index (χ4n) is 2.14. The molecule has 0 saturated heterocycles. The normalized spacial score (nSPS) is 16.8. The first-order valence-corrected chi connectivity index (χ1v) is 5.94. The Morgan fingerprint density at radius 1 is 1.44 bits per heavy atom. The lowest BCUT2D eigenvalue weighted by Gasteiger charge is -2.33. The van der Waals surface area contributed by atoms with E-state index in [1.807, 2.05) is 0 Å². The molecule has 0 heterocycles. The fourth-order valence-corrected chi connectivity index (χ4v) is 2.14. The minimum atomic E-state index is -0.333. The molecule has 0 radical (unpaired) electrons. The van der Waals surface area contributed by atoms with Crippen LogP contribution < -0.4 is 0 Å². The highest BCUT2D eigenvalue weighted by Crippen LogP contribution is 2.22. The average Bonchev–Trinajstić information content (AvgIpc) is 2.34. The molecule has 92 valence electrons. The second kappa shape index (κ2) is 7.28. The highest BCUT2D eigenvalue weighted by molar-refractivity contribution is 5.68. The molecule has 4 heteroatoms. The summed E-state index contributed by atoms with van der Waals surface area (Å²) < 4.78 is 5.02. The number of carbonyl (C=O) groups excluding carboxylic acids is 1. The lowest BCUT2D eigenvalue weighted by atomic mass is 9.94. The lowest BCUT2D eigenvalue weighted by molar-refractivity contribution is 0.0746. The van der Waals surface area contributed by atoms with E-state index in [9.17, 15) is 4.79 Å². The Bertz CT molecular complexity index is 224. The van der Waals surface area contributed by atoms with Crippen molar-refractivity contribution in [3.8, 4) is 0 Å². The Morgan fingerprint density at radius 2 is 2.12 bits per heavy atom. The molecule has 1 amide bonds. The largest absolute Gasteiger partial charge is 0.445 e. The van der Waals surface area contributed by atoms with Crippen molar-refractivity contribution in [2.24, 2.45) is 0 Å². The third-order valence-electron chi connectivity index (χ3n) is 2.92. The Kier molecular flexibility index (Phi) is 5.93. The van der Waals surface area contributed by atoms with Crippen LogP contribution in [0.15, 0.2) is 12.7 Å². The lowest BCUT2D eigenvalue weighted by Crippen LogP contribution is -2.43. The van der Waals surface area contributed by atoms with E-state index in [0.717, 1.165) is 25.7 Å². The van der Waals surface area contributed by atoms with Gasteiger partial charge in [-0.3, -0.25) is 0 Å². The van der Waals surface area contributed by atoms with Crippen LogP contribution in [-0.4, -0.2) is 41.9 Å². The molecule has 1 N–H and O–H groups in total. The first kappa shape index (κ1) is 13.0. The van der Waals surface area contributed by atoms with Crippen LogP contribution in [0.2, 0.25) is 0 Å². The number of hydrogen-bond acceptors (Lipinski definition) is 3. The predicted molar refractivity (Wildman–Crippen MR) is 62.2 cm³/mol. The second-order valence-corrected chi connectivity index (χ2v) is 4.07. The van der Waals surface area contributed by atoms with Gasteiger partial charge in [0.05, 0.1) is 6.61 Å². The van der Waals surface area contributed by atoms with Gasteiger partial charge in [0.25, 0.3) is 0 Å². The van der Waals surface area contributed by atoms with Crippen molar-refractivity contribution in [2.45, 2.75) is 38.1 Å². The van der Waals surface area contributed by atoms with E-state index in [4.69, 9.17) is 9.84 Å². The van der Waals surface area contributed by atoms with E-state index in [2.05, 4.69) is 6.58 Å². The smallest absolute Gasteiger partial charge is 0.410 e. The third-order valence-corrected chi connectivity index (χ3v) is 2.92. The van der Waals surface area contributed by atoms with E-state index in [0.29, 0.717) is 6.54 Å². The zero-order valence-electron chi connectivity index (χ0n) is 9.73. The first-order chi connectivity index (χ1) is 7.79. The van der Waals surface area contributed by atoms with Gasteiger partial charge >= 0.3 is 6.09 Å². The van der Waals surface area contributed by atoms with Gasteiger partial charge < -0.3 is 14.7 Å². The molecule has 1 aliphatic carbocycles. The van der Waals surface area contributed by atoms with Gasteiger partial charge in [0.15, 0.2) is 0 Å². The number of nitrogens with zero attached hydrogens (tertiary/aromatic N) is 1. The summed E-state index contributed by atoms with van der Waals surface area (Å²) in [5.41, 5.74) is 0. The van der Waals surface area contributed by atoms with Crippen LogP contribution in [0.1, 0.15) is 32.1 Å². The minimum Gasteiger partial charge on any atom is -0.445 e. The molecule has 0 aliphatic heterocycles. The SMILES string of the molecule is C=CCOC(=O)N(CCO)C1CCCCC1. The van der Waals surface area contributed by atoms with Crippen molar-refractivity contribution in [3.05, 3.63) is 12.7 Å². The molecule has 1 rings (SSSR count). The standard InChI is InChI=1S/C12H21NO3/c1-2-10-16-12(15)13(8-9-14)11-6-4-3-5-7-11/h2,11,14H,1,3-10H2. The molecular formula is C12H21NO3. The maximum Gasteiger partial charge on any atom is 0.410 e. The molecule has 16 heavy (non-hydrogen) atoms. The molecule has 1 aliphatic rings. The summed E-state index contributed by atoms with van der Waals surface area (Å²) in [6.07, 6.45) is 6.80. The molecule has 4 nitrogen and oxygen atoms in total. The molecule has 0 bridgehead atoms. The highest BCUT2D eigenvalue weighted by atomic mass is 16.6. The third kappa shape index (κ3) is 3.85. The van der Waals surface area contributed by atoms with Crippen LogP contribution in [0, 0.1) is 0 Å². The summed E-state index contributed by atoms with van der Waals surface area (Å²) in [5.74, 6) is 0. The van der Waals surface area contributed by atoms with Crippen LogP contribution in [0.4, 0.5) is 4.79 Å². The van der Waals surface area contributed by atoms with Crippen molar-refractivity contribution in [1.82, 2.24) is 4.90 Å². The molecule has 0 spiro atoms. The van der Waals surface area contributed by atoms with E-state index >= 15 is 0 Å². The van der Waals surface area contributed by atoms with Crippen LogP contribution >= 0.6 is 0 Å². The summed E-state index contributed by atoms with van der Waals surface area (Å²) >= 11 is 0. The van der Waals surface area contributed by atoms with Crippen molar-refractivity contribution < 1.29 is 14.6 Å². The molecule has 0 aromatic rings. The fraction of sp³-hybridized carbons (Fsp3) is 0.750. The maximum atomic E-state index is 11.7. The summed E-state index contributed by atoms with van der Waals surface area (Å²) in [6.45, 7) is 4.08. The van der Waals surface area contributed by atoms with E-state index in [1.165, 1.54) is 6.42 Å². The number of ether oxygens (including phenoxy) is 1. The van der Waals surface area contributed by atoms with Crippen LogP contribution in [0.3, 0.4) is 0 Å². The Hall–Kier alpha value is -1.03. The van der Waals surface area contributed by atoms with E-state index < -0.39 is 0 Å². The van der Waals surface area contributed by atoms with Crippen molar-refractivity contribution in [1.29, 1.82) is 0 Å². The zero-order chi connectivity index (χ0) is 11.8. The molecule has 1 fully saturated rings. The van der Waals surface area contributed by atoms with Gasteiger partial charge in [0.2, 0.25) is 0 Å². The predicted octanol–water partition coefficient (Wildman–Crippen LogP) is 1.94. The average molecular weight is 227 g/mol. The summed E-state index contributed by atoms with van der Waals surface area (Å²) in [5, 5.41) is 8.97. The van der Waals surface area contributed by atoms with Gasteiger partial charge in [-0.2, -0.15) is 0 Å². The highest BCUT2D eigenvalue weighted by Gasteiger charge is 2.25. The Labute approximate surface area is 96.9 Å². The number of aliphatic hydroxyl groups excluding tert-OH is 1. The van der Waals surface area contributed by atoms with Crippen LogP contribution in [-0.2, 0) is 4.74 Å². The van der Waals surface area contributed by atoms with Gasteiger partial charge in [-0.1, -0.05) is 31.9 Å². The summed E-state index contributed by atoms with van der Waals surface area (Å²) in [7, 11) is 0. The van der Waals surface area contributed by atoms with Crippen LogP contribution in [0.5, 0.6) is 0 Å². The molecule has 1 saturated carbocycles. The molecule has 0 aromatic carbocycles. The molecular weight excluding hydrogens is 206 g/mol. The summed E-state index contributed by atoms with van der Waals surface area (Å²) in [6, 6.07) is 0.234. The summed E-state index contributed by atoms with van der Waals surface area (Å²) in [4.78, 5) is 13.4. The van der Waals surface area contributed by atoms with Gasteiger partial charge in [-0.25, -0.2) is 4.79 Å². The molecule has 0 unspecified atom stereocenters. The van der Waals surface area contributed by atoms with Gasteiger partial charge in [-0.05, 0) is 12.8 Å². The number of aliphatic hydroxyl groups is 1. The first-order valence-electron chi connectivity index (χ1n) is 5.94. The van der Waals surface area contributed by atoms with Gasteiger partial charge in [0.1, 0.15) is 6.61 Å². The maximum absolute atomic E-state index is 11.7. The van der Waals surface area contributed by atoms with Crippen molar-refractivity contribution in [2.75, 3.05) is 19.8 Å². The van der Waals surface area contributed by atoms with Gasteiger partial charge in [-0.15, -0.1) is 0 Å². The quantitative estimate of drug-likeness (QED) is 0.730. The number of rotatable bonds is 5. The number of hydrogen-bond donors (Lipinski definition) is 1.